The Hall–Kier alpha value is -3.96. The molecule has 4 rings (SSSR count). The summed E-state index contributed by atoms with van der Waals surface area (Å²) in [5.74, 6) is 0.888. The number of thiazole rings is 2. The van der Waals surface area contributed by atoms with E-state index in [-0.39, 0.29) is 18.4 Å². The summed E-state index contributed by atoms with van der Waals surface area (Å²) in [6, 6.07) is 14.5. The van der Waals surface area contributed by atoms with E-state index in [4.69, 9.17) is 10.5 Å². The Morgan fingerprint density at radius 1 is 1.09 bits per heavy atom. The molecule has 4 aromatic rings. The van der Waals surface area contributed by atoms with Crippen LogP contribution in [0, 0.1) is 0 Å². The van der Waals surface area contributed by atoms with E-state index >= 15 is 0 Å². The number of nitrogen functional groups attached to an aromatic ring is 1. The maximum Gasteiger partial charge on any atom is 0.320 e. The predicted octanol–water partition coefficient (Wildman–Crippen LogP) is 4.46. The molecule has 9 nitrogen and oxygen atoms in total. The number of amides is 3. The third-order valence-corrected chi connectivity index (χ3v) is 6.72. The molecule has 0 fully saturated rings. The number of hydrogen-bond donors (Lipinski definition) is 4. The number of nitrogens with one attached hydrogen (secondary N) is 3. The van der Waals surface area contributed by atoms with E-state index < -0.39 is 0 Å². The van der Waals surface area contributed by atoms with Crippen LogP contribution < -0.4 is 26.4 Å². The standard InChI is InChI=1S/C23H22N6O3S2/c1-25-22(31)29-23-28-20(24)19(34-23)21-27-17(12-33-21)14-6-4-7-15(11-14)26-18(30)10-13-5-3-8-16(9-13)32-2/h3-9,11-12H,10,24H2,1-2H3,(H,26,30)(H2,25,28,29,31). The van der Waals surface area contributed by atoms with Crippen molar-refractivity contribution in [2.45, 2.75) is 6.42 Å². The van der Waals surface area contributed by atoms with Gasteiger partial charge in [0.15, 0.2) is 5.13 Å². The summed E-state index contributed by atoms with van der Waals surface area (Å²) in [5, 5.41) is 11.0. The fraction of sp³-hybridized carbons (Fsp3) is 0.130. The molecule has 34 heavy (non-hydrogen) atoms. The van der Waals surface area contributed by atoms with Gasteiger partial charge in [-0.05, 0) is 29.8 Å². The Morgan fingerprint density at radius 3 is 2.71 bits per heavy atom. The molecule has 0 radical (unpaired) electrons. The molecule has 174 valence electrons. The molecule has 0 saturated carbocycles. The molecule has 0 spiro atoms. The smallest absolute Gasteiger partial charge is 0.320 e. The molecule has 11 heteroatoms. The number of rotatable bonds is 7. The molecule has 2 aromatic carbocycles. The van der Waals surface area contributed by atoms with Crippen molar-refractivity contribution in [2.24, 2.45) is 0 Å². The summed E-state index contributed by atoms with van der Waals surface area (Å²) < 4.78 is 5.21. The van der Waals surface area contributed by atoms with Crippen LogP contribution in [0.2, 0.25) is 0 Å². The minimum atomic E-state index is -0.370. The summed E-state index contributed by atoms with van der Waals surface area (Å²) in [6.07, 6.45) is 0.235. The third-order valence-electron chi connectivity index (χ3n) is 4.74. The average Bonchev–Trinajstić information content (AvgIpc) is 3.45. The first-order chi connectivity index (χ1) is 16.4. The molecule has 0 saturated heterocycles. The molecular formula is C23H22N6O3S2. The van der Waals surface area contributed by atoms with Gasteiger partial charge >= 0.3 is 6.03 Å². The highest BCUT2D eigenvalue weighted by Crippen LogP contribution is 2.38. The number of benzene rings is 2. The average molecular weight is 495 g/mol. The molecular weight excluding hydrogens is 472 g/mol. The summed E-state index contributed by atoms with van der Waals surface area (Å²) in [5.41, 5.74) is 9.18. The molecule has 2 aromatic heterocycles. The second-order valence-corrected chi connectivity index (χ2v) is 8.99. The molecule has 5 N–H and O–H groups in total. The van der Waals surface area contributed by atoms with E-state index in [0.717, 1.165) is 16.8 Å². The van der Waals surface area contributed by atoms with Crippen LogP contribution in [-0.2, 0) is 11.2 Å². The maximum absolute atomic E-state index is 12.5. The minimum Gasteiger partial charge on any atom is -0.497 e. The first kappa shape index (κ1) is 23.2. The number of hydrogen-bond acceptors (Lipinski definition) is 8. The van der Waals surface area contributed by atoms with Crippen molar-refractivity contribution in [3.63, 3.8) is 0 Å². The van der Waals surface area contributed by atoms with Crippen LogP contribution in [0.1, 0.15) is 5.56 Å². The lowest BCUT2D eigenvalue weighted by Gasteiger charge is -2.08. The summed E-state index contributed by atoms with van der Waals surface area (Å²) in [6.45, 7) is 0. The number of ether oxygens (including phenoxy) is 1. The largest absolute Gasteiger partial charge is 0.497 e. The number of carbonyl (C=O) groups excluding carboxylic acids is 2. The molecule has 0 aliphatic carbocycles. The van der Waals surface area contributed by atoms with Gasteiger partial charge in [0.2, 0.25) is 5.91 Å². The summed E-state index contributed by atoms with van der Waals surface area (Å²) in [4.78, 5) is 33.6. The number of nitrogens with zero attached hydrogens (tertiary/aromatic N) is 2. The van der Waals surface area contributed by atoms with Crippen molar-refractivity contribution < 1.29 is 14.3 Å². The van der Waals surface area contributed by atoms with Crippen LogP contribution in [-0.4, -0.2) is 36.1 Å². The van der Waals surface area contributed by atoms with E-state index in [1.165, 1.54) is 29.7 Å². The molecule has 0 aliphatic heterocycles. The Labute approximate surface area is 204 Å². The fourth-order valence-electron chi connectivity index (χ4n) is 3.14. The van der Waals surface area contributed by atoms with Gasteiger partial charge in [-0.25, -0.2) is 14.8 Å². The number of anilines is 3. The normalized spacial score (nSPS) is 10.5. The highest BCUT2D eigenvalue weighted by molar-refractivity contribution is 7.23. The van der Waals surface area contributed by atoms with Crippen LogP contribution >= 0.6 is 22.7 Å². The van der Waals surface area contributed by atoms with Crippen molar-refractivity contribution in [2.75, 3.05) is 30.5 Å². The molecule has 0 unspecified atom stereocenters. The monoisotopic (exact) mass is 494 g/mol. The number of carbonyl (C=O) groups is 2. The van der Waals surface area contributed by atoms with Gasteiger partial charge in [0.05, 0.1) is 19.2 Å². The van der Waals surface area contributed by atoms with E-state index in [0.29, 0.717) is 32.3 Å². The minimum absolute atomic E-state index is 0.127. The molecule has 2 heterocycles. The second-order valence-electron chi connectivity index (χ2n) is 7.13. The zero-order valence-electron chi connectivity index (χ0n) is 18.4. The van der Waals surface area contributed by atoms with E-state index in [1.807, 2.05) is 53.9 Å². The van der Waals surface area contributed by atoms with Crippen molar-refractivity contribution >= 4 is 51.2 Å². The van der Waals surface area contributed by atoms with Crippen molar-refractivity contribution in [1.82, 2.24) is 15.3 Å². The van der Waals surface area contributed by atoms with Gasteiger partial charge < -0.3 is 21.1 Å². The van der Waals surface area contributed by atoms with Gasteiger partial charge in [0, 0.05) is 23.7 Å². The lowest BCUT2D eigenvalue weighted by molar-refractivity contribution is -0.115. The molecule has 0 bridgehead atoms. The van der Waals surface area contributed by atoms with E-state index in [9.17, 15) is 9.59 Å². The Kier molecular flexibility index (Phi) is 7.04. The zero-order valence-corrected chi connectivity index (χ0v) is 20.0. The van der Waals surface area contributed by atoms with Crippen LogP contribution in [0.5, 0.6) is 5.75 Å². The molecule has 0 aliphatic rings. The molecule has 3 amide bonds. The Balaban J connectivity index is 1.47. The van der Waals surface area contributed by atoms with Crippen LogP contribution in [0.3, 0.4) is 0 Å². The first-order valence-corrected chi connectivity index (χ1v) is 11.9. The fourth-order valence-corrected chi connectivity index (χ4v) is 4.95. The van der Waals surface area contributed by atoms with Crippen molar-refractivity contribution in [3.05, 3.63) is 59.5 Å². The van der Waals surface area contributed by atoms with Gasteiger partial charge in [0.1, 0.15) is 21.5 Å². The van der Waals surface area contributed by atoms with Gasteiger partial charge in [-0.2, -0.15) is 0 Å². The lowest BCUT2D eigenvalue weighted by Crippen LogP contribution is -2.24. The SMILES string of the molecule is CNC(=O)Nc1nc(N)c(-c2nc(-c3cccc(NC(=O)Cc4cccc(OC)c4)c3)cs2)s1. The predicted molar refractivity (Wildman–Crippen MR) is 136 cm³/mol. The quantitative estimate of drug-likeness (QED) is 0.300. The number of urea groups is 1. The van der Waals surface area contributed by atoms with Gasteiger partial charge in [-0.15, -0.1) is 11.3 Å². The van der Waals surface area contributed by atoms with Gasteiger partial charge in [-0.3, -0.25) is 10.1 Å². The van der Waals surface area contributed by atoms with E-state index in [2.05, 4.69) is 25.9 Å². The maximum atomic E-state index is 12.5. The first-order valence-electron chi connectivity index (χ1n) is 10.2. The Morgan fingerprint density at radius 2 is 1.91 bits per heavy atom. The molecule has 0 atom stereocenters. The van der Waals surface area contributed by atoms with E-state index in [1.54, 1.807) is 7.11 Å². The highest BCUT2D eigenvalue weighted by Gasteiger charge is 2.16. The van der Waals surface area contributed by atoms with Crippen molar-refractivity contribution in [3.8, 4) is 26.9 Å². The Bertz CT molecular complexity index is 1330. The number of nitrogens with two attached hydrogens (primary N) is 1. The van der Waals surface area contributed by atoms with Gasteiger partial charge in [0.25, 0.3) is 0 Å². The summed E-state index contributed by atoms with van der Waals surface area (Å²) in [7, 11) is 3.12. The second kappa shape index (κ2) is 10.3. The van der Waals surface area contributed by atoms with Crippen molar-refractivity contribution in [1.29, 1.82) is 0 Å². The summed E-state index contributed by atoms with van der Waals surface area (Å²) >= 11 is 2.68. The highest BCUT2D eigenvalue weighted by atomic mass is 32.1. The third kappa shape index (κ3) is 5.50. The van der Waals surface area contributed by atoms with Crippen LogP contribution in [0.15, 0.2) is 53.9 Å². The number of methoxy groups -OCH3 is 1. The van der Waals surface area contributed by atoms with Crippen LogP contribution in [0.4, 0.5) is 21.4 Å². The topological polar surface area (TPSA) is 131 Å². The number of aromatic nitrogens is 2. The zero-order chi connectivity index (χ0) is 24.1. The van der Waals surface area contributed by atoms with Crippen LogP contribution in [0.25, 0.3) is 21.1 Å². The lowest BCUT2D eigenvalue weighted by atomic mass is 10.1. The van der Waals surface area contributed by atoms with Gasteiger partial charge in [-0.1, -0.05) is 35.6 Å².